The number of halogens is 2. The Hall–Kier alpha value is -0.160. The van der Waals surface area contributed by atoms with Crippen LogP contribution in [0.25, 0.3) is 0 Å². The van der Waals surface area contributed by atoms with Gasteiger partial charge in [-0.05, 0) is 58.0 Å². The summed E-state index contributed by atoms with van der Waals surface area (Å²) in [6, 6.07) is 10.9. The predicted molar refractivity (Wildman–Crippen MR) is 89.1 cm³/mol. The minimum Gasteiger partial charge on any atom is -0.316 e. The molecule has 100 valence electrons. The van der Waals surface area contributed by atoms with Gasteiger partial charge in [0.05, 0.1) is 0 Å². The Morgan fingerprint density at radius 2 is 2.05 bits per heavy atom. The largest absolute Gasteiger partial charge is 0.316 e. The van der Waals surface area contributed by atoms with Crippen LogP contribution in [0, 0.1) is 0 Å². The van der Waals surface area contributed by atoms with Gasteiger partial charge in [-0.1, -0.05) is 28.1 Å². The molecular formula is C15H15Br2NS. The molecule has 3 rings (SSSR count). The van der Waals surface area contributed by atoms with Gasteiger partial charge in [0.2, 0.25) is 0 Å². The van der Waals surface area contributed by atoms with Crippen LogP contribution in [0.4, 0.5) is 0 Å². The van der Waals surface area contributed by atoms with Crippen LogP contribution >= 0.6 is 43.2 Å². The molecule has 1 N–H and O–H groups in total. The highest BCUT2D eigenvalue weighted by atomic mass is 79.9. The van der Waals surface area contributed by atoms with Crippen molar-refractivity contribution in [1.29, 1.82) is 0 Å². The van der Waals surface area contributed by atoms with E-state index in [4.69, 9.17) is 0 Å². The van der Waals surface area contributed by atoms with E-state index < -0.39 is 0 Å². The van der Waals surface area contributed by atoms with Crippen molar-refractivity contribution in [3.63, 3.8) is 0 Å². The Bertz CT molecular complexity index is 567. The molecule has 1 saturated heterocycles. The van der Waals surface area contributed by atoms with Gasteiger partial charge in [0, 0.05) is 32.2 Å². The molecule has 0 amide bonds. The van der Waals surface area contributed by atoms with Crippen LogP contribution in [0.15, 0.2) is 44.7 Å². The summed E-state index contributed by atoms with van der Waals surface area (Å²) in [5.41, 5.74) is 1.42. The van der Waals surface area contributed by atoms with E-state index in [0.29, 0.717) is 11.8 Å². The second-order valence-electron chi connectivity index (χ2n) is 4.89. The quantitative estimate of drug-likeness (QED) is 0.736. The molecule has 1 nitrogen and oxygen atoms in total. The molecule has 0 bridgehead atoms. The Labute approximate surface area is 134 Å². The van der Waals surface area contributed by atoms with Crippen molar-refractivity contribution in [2.45, 2.75) is 18.3 Å². The molecule has 0 aliphatic carbocycles. The smallest absolute Gasteiger partial charge is 0.0317 e. The highest BCUT2D eigenvalue weighted by molar-refractivity contribution is 9.10. The molecule has 0 spiro atoms. The van der Waals surface area contributed by atoms with Crippen molar-refractivity contribution in [3.8, 4) is 0 Å². The molecule has 2 heterocycles. The molecule has 19 heavy (non-hydrogen) atoms. The topological polar surface area (TPSA) is 12.0 Å². The molecular weight excluding hydrogens is 386 g/mol. The number of hydrogen-bond donors (Lipinski definition) is 1. The number of benzene rings is 1. The summed E-state index contributed by atoms with van der Waals surface area (Å²) in [7, 11) is 0. The average molecular weight is 401 g/mol. The maximum Gasteiger partial charge on any atom is 0.0317 e. The number of hydrogen-bond acceptors (Lipinski definition) is 2. The highest BCUT2D eigenvalue weighted by Crippen LogP contribution is 2.43. The first kappa shape index (κ1) is 13.8. The zero-order chi connectivity index (χ0) is 13.2. The van der Waals surface area contributed by atoms with E-state index in [1.54, 1.807) is 0 Å². The third kappa shape index (κ3) is 2.97. The van der Waals surface area contributed by atoms with Gasteiger partial charge in [0.25, 0.3) is 0 Å². The predicted octanol–water partition coefficient (Wildman–Crippen LogP) is 5.13. The maximum atomic E-state index is 3.70. The Morgan fingerprint density at radius 1 is 1.16 bits per heavy atom. The SMILES string of the molecule is Brc1cccc(C2CNCCC2c2sccc2Br)c1. The van der Waals surface area contributed by atoms with Crippen LogP contribution < -0.4 is 5.32 Å². The van der Waals surface area contributed by atoms with E-state index in [2.05, 4.69) is 72.9 Å². The van der Waals surface area contributed by atoms with Gasteiger partial charge >= 0.3 is 0 Å². The first-order valence-corrected chi connectivity index (χ1v) is 8.91. The van der Waals surface area contributed by atoms with Gasteiger partial charge in [0.1, 0.15) is 0 Å². The standard InChI is InChI=1S/C15H15Br2NS/c16-11-3-1-2-10(8-11)13-9-18-6-4-12(13)15-14(17)5-7-19-15/h1-3,5,7-8,12-13,18H,4,6,9H2. The lowest BCUT2D eigenvalue weighted by Crippen LogP contribution is -2.33. The molecule has 2 aromatic rings. The Kier molecular flexibility index (Phi) is 4.42. The fourth-order valence-electron chi connectivity index (χ4n) is 2.83. The van der Waals surface area contributed by atoms with Crippen LogP contribution in [0.2, 0.25) is 0 Å². The molecule has 2 unspecified atom stereocenters. The zero-order valence-corrected chi connectivity index (χ0v) is 14.4. The zero-order valence-electron chi connectivity index (χ0n) is 10.4. The lowest BCUT2D eigenvalue weighted by Gasteiger charge is -2.32. The van der Waals surface area contributed by atoms with Crippen LogP contribution in [-0.4, -0.2) is 13.1 Å². The van der Waals surface area contributed by atoms with E-state index in [0.717, 1.165) is 13.1 Å². The summed E-state index contributed by atoms with van der Waals surface area (Å²) in [6.07, 6.45) is 1.20. The highest BCUT2D eigenvalue weighted by Gasteiger charge is 2.29. The van der Waals surface area contributed by atoms with Crippen LogP contribution in [0.5, 0.6) is 0 Å². The van der Waals surface area contributed by atoms with Gasteiger partial charge in [-0.25, -0.2) is 0 Å². The summed E-state index contributed by atoms with van der Waals surface area (Å²) >= 11 is 9.15. The van der Waals surface area contributed by atoms with Crippen molar-refractivity contribution in [3.05, 3.63) is 55.1 Å². The van der Waals surface area contributed by atoms with E-state index in [1.807, 2.05) is 11.3 Å². The van der Waals surface area contributed by atoms with Crippen LogP contribution in [0.1, 0.15) is 28.7 Å². The molecule has 1 aromatic heterocycles. The van der Waals surface area contributed by atoms with Crippen molar-refractivity contribution >= 4 is 43.2 Å². The van der Waals surface area contributed by atoms with Gasteiger partial charge < -0.3 is 5.32 Å². The fraction of sp³-hybridized carbons (Fsp3) is 0.333. The maximum absolute atomic E-state index is 3.70. The number of rotatable bonds is 2. The average Bonchev–Trinajstić information content (AvgIpc) is 2.85. The summed E-state index contributed by atoms with van der Waals surface area (Å²) in [4.78, 5) is 1.49. The second-order valence-corrected chi connectivity index (χ2v) is 7.61. The van der Waals surface area contributed by atoms with Gasteiger partial charge in [-0.15, -0.1) is 11.3 Å². The molecule has 4 heteroatoms. The summed E-state index contributed by atoms with van der Waals surface area (Å²) in [6.45, 7) is 2.17. The third-order valence-electron chi connectivity index (χ3n) is 3.74. The first-order chi connectivity index (χ1) is 9.25. The van der Waals surface area contributed by atoms with Gasteiger partial charge in [-0.2, -0.15) is 0 Å². The molecule has 1 fully saturated rings. The number of nitrogens with one attached hydrogen (secondary N) is 1. The van der Waals surface area contributed by atoms with Gasteiger partial charge in [-0.3, -0.25) is 0 Å². The Morgan fingerprint density at radius 3 is 2.79 bits per heavy atom. The summed E-state index contributed by atoms with van der Waals surface area (Å²) < 4.78 is 2.43. The second kappa shape index (κ2) is 6.08. The van der Waals surface area contributed by atoms with Crippen molar-refractivity contribution in [2.75, 3.05) is 13.1 Å². The lowest BCUT2D eigenvalue weighted by atomic mass is 9.80. The van der Waals surface area contributed by atoms with Gasteiger partial charge in [0.15, 0.2) is 0 Å². The lowest BCUT2D eigenvalue weighted by molar-refractivity contribution is 0.407. The monoisotopic (exact) mass is 399 g/mol. The minimum absolute atomic E-state index is 0.557. The van der Waals surface area contributed by atoms with E-state index in [9.17, 15) is 0 Å². The summed E-state index contributed by atoms with van der Waals surface area (Å²) in [5, 5.41) is 5.72. The molecule has 2 atom stereocenters. The number of thiophene rings is 1. The molecule has 0 radical (unpaired) electrons. The number of piperidine rings is 1. The fourth-order valence-corrected chi connectivity index (χ4v) is 5.12. The van der Waals surface area contributed by atoms with E-state index in [1.165, 1.54) is 25.8 Å². The van der Waals surface area contributed by atoms with Crippen molar-refractivity contribution in [2.24, 2.45) is 0 Å². The van der Waals surface area contributed by atoms with Crippen LogP contribution in [-0.2, 0) is 0 Å². The molecule has 1 aliphatic heterocycles. The normalized spacial score (nSPS) is 23.5. The van der Waals surface area contributed by atoms with Crippen molar-refractivity contribution in [1.82, 2.24) is 5.32 Å². The third-order valence-corrected chi connectivity index (χ3v) is 6.24. The van der Waals surface area contributed by atoms with Crippen LogP contribution in [0.3, 0.4) is 0 Å². The molecule has 0 saturated carbocycles. The van der Waals surface area contributed by atoms with E-state index >= 15 is 0 Å². The molecule has 1 aromatic carbocycles. The summed E-state index contributed by atoms with van der Waals surface area (Å²) in [5.74, 6) is 1.17. The minimum atomic E-state index is 0.557. The Balaban J connectivity index is 1.96. The van der Waals surface area contributed by atoms with E-state index in [-0.39, 0.29) is 0 Å². The molecule has 1 aliphatic rings. The first-order valence-electron chi connectivity index (χ1n) is 6.45. The van der Waals surface area contributed by atoms with Crippen molar-refractivity contribution < 1.29 is 0 Å².